The predicted octanol–water partition coefficient (Wildman–Crippen LogP) is 4.50. The van der Waals surface area contributed by atoms with Crippen LogP contribution in [0.15, 0.2) is 60.0 Å². The summed E-state index contributed by atoms with van der Waals surface area (Å²) >= 11 is 1.64. The number of nitro groups is 1. The number of rotatable bonds is 5. The van der Waals surface area contributed by atoms with Gasteiger partial charge in [0.25, 0.3) is 5.69 Å². The molecule has 1 heterocycles. The quantitative estimate of drug-likeness (QED) is 0.515. The van der Waals surface area contributed by atoms with Gasteiger partial charge in [0.2, 0.25) is 0 Å². The smallest absolute Gasteiger partial charge is 0.258 e. The van der Waals surface area contributed by atoms with Crippen molar-refractivity contribution in [3.05, 3.63) is 81.3 Å². The lowest BCUT2D eigenvalue weighted by Gasteiger charge is -1.99. The van der Waals surface area contributed by atoms with Crippen molar-refractivity contribution in [2.45, 2.75) is 12.8 Å². The summed E-state index contributed by atoms with van der Waals surface area (Å²) in [6.07, 6.45) is 1.66. The fourth-order valence-electron chi connectivity index (χ4n) is 2.19. The summed E-state index contributed by atoms with van der Waals surface area (Å²) in [5.74, 6) is 0. The molecule has 4 nitrogen and oxygen atoms in total. The van der Waals surface area contributed by atoms with Crippen molar-refractivity contribution < 1.29 is 4.92 Å². The molecular formula is C17H14N2O2S. The number of hydrogen-bond donors (Lipinski definition) is 0. The summed E-state index contributed by atoms with van der Waals surface area (Å²) in [5, 5.41) is 13.7. The van der Waals surface area contributed by atoms with E-state index in [1.165, 1.54) is 0 Å². The number of non-ortho nitro benzene ring substituents is 1. The van der Waals surface area contributed by atoms with E-state index < -0.39 is 0 Å². The van der Waals surface area contributed by atoms with E-state index >= 15 is 0 Å². The van der Waals surface area contributed by atoms with E-state index in [0.29, 0.717) is 0 Å². The number of nitro benzene ring substituents is 1. The number of nitrogens with zero attached hydrogens (tertiary/aromatic N) is 2. The third-order valence-corrected chi connectivity index (χ3v) is 4.33. The van der Waals surface area contributed by atoms with E-state index in [1.54, 1.807) is 23.5 Å². The molecule has 0 N–H and O–H groups in total. The first-order valence-electron chi connectivity index (χ1n) is 6.95. The van der Waals surface area contributed by atoms with Crippen molar-refractivity contribution in [1.29, 1.82) is 0 Å². The van der Waals surface area contributed by atoms with Crippen LogP contribution in [0.2, 0.25) is 0 Å². The van der Waals surface area contributed by atoms with Crippen LogP contribution >= 0.6 is 11.3 Å². The summed E-state index contributed by atoms with van der Waals surface area (Å²) in [5.41, 5.74) is 3.40. The molecule has 5 heteroatoms. The lowest BCUT2D eigenvalue weighted by molar-refractivity contribution is -0.384. The first-order valence-corrected chi connectivity index (χ1v) is 7.83. The van der Waals surface area contributed by atoms with Crippen LogP contribution in [0.4, 0.5) is 5.69 Å². The molecule has 0 aliphatic rings. The molecule has 110 valence electrons. The Kier molecular flexibility index (Phi) is 4.25. The van der Waals surface area contributed by atoms with Gasteiger partial charge in [-0.2, -0.15) is 0 Å². The summed E-state index contributed by atoms with van der Waals surface area (Å²) in [4.78, 5) is 14.9. The minimum absolute atomic E-state index is 0.128. The zero-order valence-corrected chi connectivity index (χ0v) is 12.6. The van der Waals surface area contributed by atoms with E-state index in [9.17, 15) is 10.1 Å². The van der Waals surface area contributed by atoms with E-state index in [-0.39, 0.29) is 10.6 Å². The van der Waals surface area contributed by atoms with Crippen molar-refractivity contribution in [2.24, 2.45) is 0 Å². The zero-order valence-electron chi connectivity index (χ0n) is 11.8. The maximum absolute atomic E-state index is 10.6. The number of aryl methyl sites for hydroxylation is 2. The second kappa shape index (κ2) is 6.49. The molecule has 0 fully saturated rings. The van der Waals surface area contributed by atoms with Gasteiger partial charge in [-0.15, -0.1) is 11.3 Å². The first-order chi connectivity index (χ1) is 10.7. The second-order valence-corrected chi connectivity index (χ2v) is 5.79. The Balaban J connectivity index is 1.65. The molecule has 22 heavy (non-hydrogen) atoms. The van der Waals surface area contributed by atoms with Crippen LogP contribution < -0.4 is 0 Å². The number of thiazole rings is 1. The van der Waals surface area contributed by atoms with Crippen LogP contribution in [0.5, 0.6) is 0 Å². The summed E-state index contributed by atoms with van der Waals surface area (Å²) < 4.78 is 0. The Hall–Kier alpha value is -2.53. The van der Waals surface area contributed by atoms with Gasteiger partial charge in [-0.3, -0.25) is 10.1 Å². The van der Waals surface area contributed by atoms with Crippen molar-refractivity contribution >= 4 is 17.0 Å². The van der Waals surface area contributed by atoms with Gasteiger partial charge in [-0.1, -0.05) is 42.5 Å². The molecule has 0 aliphatic carbocycles. The van der Waals surface area contributed by atoms with Gasteiger partial charge in [0.15, 0.2) is 0 Å². The maximum Gasteiger partial charge on any atom is 0.269 e. The molecule has 3 aromatic rings. The zero-order chi connectivity index (χ0) is 15.4. The van der Waals surface area contributed by atoms with Gasteiger partial charge in [0, 0.05) is 23.1 Å². The van der Waals surface area contributed by atoms with E-state index in [1.807, 2.05) is 30.3 Å². The summed E-state index contributed by atoms with van der Waals surface area (Å²) in [6.45, 7) is 0. The first kappa shape index (κ1) is 14.4. The fourth-order valence-corrected chi connectivity index (χ4v) is 3.05. The van der Waals surface area contributed by atoms with Gasteiger partial charge in [-0.05, 0) is 18.4 Å². The Labute approximate surface area is 132 Å². The highest BCUT2D eigenvalue weighted by Crippen LogP contribution is 2.24. The van der Waals surface area contributed by atoms with Crippen LogP contribution in [0.1, 0.15) is 11.3 Å². The SMILES string of the molecule is O=[N+]([O-])c1ccc(CCc2csc(-c3ccccc3)n2)cc1. The Morgan fingerprint density at radius 1 is 1.00 bits per heavy atom. The van der Waals surface area contributed by atoms with Crippen molar-refractivity contribution in [2.75, 3.05) is 0 Å². The lowest BCUT2D eigenvalue weighted by atomic mass is 10.1. The number of aromatic nitrogens is 1. The highest BCUT2D eigenvalue weighted by atomic mass is 32.1. The molecule has 0 aliphatic heterocycles. The Morgan fingerprint density at radius 3 is 2.41 bits per heavy atom. The summed E-state index contributed by atoms with van der Waals surface area (Å²) in [7, 11) is 0. The highest BCUT2D eigenvalue weighted by molar-refractivity contribution is 7.13. The van der Waals surface area contributed by atoms with Crippen LogP contribution in [-0.2, 0) is 12.8 Å². The molecule has 0 spiro atoms. The third kappa shape index (κ3) is 3.38. The van der Waals surface area contributed by atoms with Crippen molar-refractivity contribution in [1.82, 2.24) is 4.98 Å². The highest BCUT2D eigenvalue weighted by Gasteiger charge is 2.06. The minimum Gasteiger partial charge on any atom is -0.258 e. The standard InChI is InChI=1S/C17H14N2O2S/c20-19(21)16-10-7-13(8-11-16)6-9-15-12-22-17(18-15)14-4-2-1-3-5-14/h1-5,7-8,10-12H,6,9H2. The molecule has 0 unspecified atom stereocenters. The number of benzene rings is 2. The third-order valence-electron chi connectivity index (χ3n) is 3.39. The molecule has 1 aromatic heterocycles. The minimum atomic E-state index is -0.379. The molecule has 0 bridgehead atoms. The predicted molar refractivity (Wildman–Crippen MR) is 88.1 cm³/mol. The van der Waals surface area contributed by atoms with E-state index in [2.05, 4.69) is 22.5 Å². The van der Waals surface area contributed by atoms with Gasteiger partial charge < -0.3 is 0 Å². The van der Waals surface area contributed by atoms with Crippen LogP contribution in [0, 0.1) is 10.1 Å². The maximum atomic E-state index is 10.6. The molecule has 0 atom stereocenters. The average Bonchev–Trinajstić information content (AvgIpc) is 3.03. The normalized spacial score (nSPS) is 10.5. The molecule has 0 saturated carbocycles. The van der Waals surface area contributed by atoms with E-state index in [0.717, 1.165) is 34.7 Å². The van der Waals surface area contributed by atoms with Crippen molar-refractivity contribution in [3.63, 3.8) is 0 Å². The average molecular weight is 310 g/mol. The van der Waals surface area contributed by atoms with Gasteiger partial charge in [0.1, 0.15) is 5.01 Å². The summed E-state index contributed by atoms with van der Waals surface area (Å²) in [6, 6.07) is 16.8. The van der Waals surface area contributed by atoms with Gasteiger partial charge in [0.05, 0.1) is 10.6 Å². The molecule has 0 saturated heterocycles. The molecule has 2 aromatic carbocycles. The van der Waals surface area contributed by atoms with E-state index in [4.69, 9.17) is 0 Å². The monoisotopic (exact) mass is 310 g/mol. The second-order valence-electron chi connectivity index (χ2n) is 4.93. The van der Waals surface area contributed by atoms with Crippen LogP contribution in [0.25, 0.3) is 10.6 Å². The van der Waals surface area contributed by atoms with Crippen LogP contribution in [-0.4, -0.2) is 9.91 Å². The molecule has 0 amide bonds. The van der Waals surface area contributed by atoms with Gasteiger partial charge in [-0.25, -0.2) is 4.98 Å². The van der Waals surface area contributed by atoms with Crippen molar-refractivity contribution in [3.8, 4) is 10.6 Å². The molecular weight excluding hydrogens is 296 g/mol. The Morgan fingerprint density at radius 2 is 1.73 bits per heavy atom. The Bertz CT molecular complexity index is 767. The largest absolute Gasteiger partial charge is 0.269 e. The van der Waals surface area contributed by atoms with Crippen LogP contribution in [0.3, 0.4) is 0 Å². The lowest BCUT2D eigenvalue weighted by Crippen LogP contribution is -1.93. The molecule has 0 radical (unpaired) electrons. The molecule has 3 rings (SSSR count). The fraction of sp³-hybridized carbons (Fsp3) is 0.118. The number of hydrogen-bond acceptors (Lipinski definition) is 4. The topological polar surface area (TPSA) is 56.0 Å². The van der Waals surface area contributed by atoms with Gasteiger partial charge >= 0.3 is 0 Å².